The smallest absolute Gasteiger partial charge is 0.254 e. The van der Waals surface area contributed by atoms with E-state index in [1.54, 1.807) is 6.92 Å². The van der Waals surface area contributed by atoms with Crippen molar-refractivity contribution in [2.45, 2.75) is 6.92 Å². The summed E-state index contributed by atoms with van der Waals surface area (Å²) in [5, 5.41) is 7.36. The van der Waals surface area contributed by atoms with Crippen LogP contribution in [0.4, 0.5) is 10.2 Å². The maximum atomic E-state index is 13.8. The number of amides is 2. The van der Waals surface area contributed by atoms with Gasteiger partial charge in [0.25, 0.3) is 5.91 Å². The fraction of sp³-hybridized carbons (Fsp3) is 0.364. The quantitative estimate of drug-likeness (QED) is 0.697. The zero-order valence-electron chi connectivity index (χ0n) is 10.2. The third-order valence-electron chi connectivity index (χ3n) is 2.17. The lowest BCUT2D eigenvalue weighted by Crippen LogP contribution is -2.35. The van der Waals surface area contributed by atoms with Gasteiger partial charge in [-0.05, 0) is 13.0 Å². The van der Waals surface area contributed by atoms with Gasteiger partial charge in [-0.1, -0.05) is 0 Å². The van der Waals surface area contributed by atoms with Gasteiger partial charge in [0.15, 0.2) is 11.6 Å². The van der Waals surface area contributed by atoms with Gasteiger partial charge in [0.1, 0.15) is 0 Å². The zero-order chi connectivity index (χ0) is 13.5. The normalized spacial score (nSPS) is 9.72. The third kappa shape index (κ3) is 3.41. The number of carbonyl (C=O) groups excluding carboxylic acids is 2. The summed E-state index contributed by atoms with van der Waals surface area (Å²) in [4.78, 5) is 26.4. The number of hydrogen-bond acceptors (Lipinski definition) is 4. The summed E-state index contributed by atoms with van der Waals surface area (Å²) in [5.74, 6) is -1.72. The Morgan fingerprint density at radius 3 is 2.78 bits per heavy atom. The molecule has 2 amide bonds. The van der Waals surface area contributed by atoms with Gasteiger partial charge >= 0.3 is 0 Å². The zero-order valence-corrected chi connectivity index (χ0v) is 10.2. The van der Waals surface area contributed by atoms with Crippen LogP contribution in [0.1, 0.15) is 17.3 Å². The number of hydrogen-bond donors (Lipinski definition) is 3. The second-order valence-corrected chi connectivity index (χ2v) is 3.41. The van der Waals surface area contributed by atoms with Crippen LogP contribution in [0.2, 0.25) is 0 Å². The van der Waals surface area contributed by atoms with E-state index in [9.17, 15) is 14.0 Å². The summed E-state index contributed by atoms with van der Waals surface area (Å²) in [7, 11) is 1.45. The molecule has 3 N–H and O–H groups in total. The molecule has 18 heavy (non-hydrogen) atoms. The van der Waals surface area contributed by atoms with Gasteiger partial charge in [-0.2, -0.15) is 0 Å². The van der Waals surface area contributed by atoms with Crippen molar-refractivity contribution in [2.24, 2.45) is 0 Å². The van der Waals surface area contributed by atoms with Crippen LogP contribution in [-0.2, 0) is 4.79 Å². The van der Waals surface area contributed by atoms with Crippen LogP contribution in [0.5, 0.6) is 0 Å². The van der Waals surface area contributed by atoms with Crippen molar-refractivity contribution in [3.8, 4) is 0 Å². The largest absolute Gasteiger partial charge is 0.368 e. The van der Waals surface area contributed by atoms with E-state index in [0.29, 0.717) is 6.54 Å². The Labute approximate surface area is 104 Å². The van der Waals surface area contributed by atoms with Crippen molar-refractivity contribution in [1.29, 1.82) is 0 Å². The average molecular weight is 254 g/mol. The molecule has 0 saturated heterocycles. The molecular weight excluding hydrogens is 239 g/mol. The summed E-state index contributed by atoms with van der Waals surface area (Å²) in [5.41, 5.74) is -0.148. The van der Waals surface area contributed by atoms with E-state index in [-0.39, 0.29) is 23.8 Å². The molecule has 98 valence electrons. The molecule has 1 heterocycles. The predicted octanol–water partition coefficient (Wildman–Crippen LogP) is 0.128. The summed E-state index contributed by atoms with van der Waals surface area (Å²) < 4.78 is 13.8. The monoisotopic (exact) mass is 254 g/mol. The maximum absolute atomic E-state index is 13.8. The molecule has 1 aromatic rings. The lowest BCUT2D eigenvalue weighted by Gasteiger charge is -2.08. The highest BCUT2D eigenvalue weighted by molar-refractivity contribution is 5.97. The number of pyridine rings is 1. The second kappa shape index (κ2) is 6.53. The van der Waals surface area contributed by atoms with Gasteiger partial charge in [0, 0.05) is 19.8 Å². The molecule has 0 saturated carbocycles. The number of nitrogens with one attached hydrogen (secondary N) is 3. The molecule has 0 aliphatic rings. The minimum atomic E-state index is -0.728. The fourth-order valence-corrected chi connectivity index (χ4v) is 1.25. The molecule has 0 spiro atoms. The molecular formula is C11H15FN4O2. The van der Waals surface area contributed by atoms with Gasteiger partial charge in [0.2, 0.25) is 5.91 Å². The van der Waals surface area contributed by atoms with Crippen LogP contribution in [0.3, 0.4) is 0 Å². The van der Waals surface area contributed by atoms with Crippen LogP contribution >= 0.6 is 0 Å². The average Bonchev–Trinajstić information content (AvgIpc) is 2.38. The fourth-order valence-electron chi connectivity index (χ4n) is 1.25. The summed E-state index contributed by atoms with van der Waals surface area (Å²) in [6.07, 6.45) is 1.33. The van der Waals surface area contributed by atoms with E-state index >= 15 is 0 Å². The third-order valence-corrected chi connectivity index (χ3v) is 2.17. The topological polar surface area (TPSA) is 83.1 Å². The van der Waals surface area contributed by atoms with E-state index in [0.717, 1.165) is 0 Å². The van der Waals surface area contributed by atoms with Crippen LogP contribution in [0.15, 0.2) is 12.3 Å². The minimum Gasteiger partial charge on any atom is -0.368 e. The highest BCUT2D eigenvalue weighted by atomic mass is 19.1. The summed E-state index contributed by atoms with van der Waals surface area (Å²) >= 11 is 0. The Balaban J connectivity index is 2.79. The lowest BCUT2D eigenvalue weighted by molar-refractivity contribution is -0.119. The van der Waals surface area contributed by atoms with Crippen molar-refractivity contribution in [3.63, 3.8) is 0 Å². The molecule has 1 rings (SSSR count). The van der Waals surface area contributed by atoms with Crippen molar-refractivity contribution in [1.82, 2.24) is 15.6 Å². The van der Waals surface area contributed by atoms with Gasteiger partial charge in [-0.25, -0.2) is 9.37 Å². The molecule has 0 bridgehead atoms. The molecule has 1 aromatic heterocycles. The lowest BCUT2D eigenvalue weighted by atomic mass is 10.2. The maximum Gasteiger partial charge on any atom is 0.254 e. The Hall–Kier alpha value is -2.18. The Morgan fingerprint density at radius 2 is 2.17 bits per heavy atom. The van der Waals surface area contributed by atoms with Crippen molar-refractivity contribution in [3.05, 3.63) is 23.6 Å². The Bertz CT molecular complexity index is 451. The highest BCUT2D eigenvalue weighted by Crippen LogP contribution is 2.14. The van der Waals surface area contributed by atoms with E-state index < -0.39 is 11.7 Å². The molecule has 0 fully saturated rings. The number of halogens is 1. The first kappa shape index (κ1) is 13.9. The van der Waals surface area contributed by atoms with Crippen LogP contribution in [0.25, 0.3) is 0 Å². The first-order valence-electron chi connectivity index (χ1n) is 5.47. The predicted molar refractivity (Wildman–Crippen MR) is 64.8 cm³/mol. The van der Waals surface area contributed by atoms with E-state index in [1.807, 2.05) is 0 Å². The minimum absolute atomic E-state index is 0.0186. The number of likely N-dealkylation sites (N-methyl/N-ethyl adjacent to an activating group) is 1. The van der Waals surface area contributed by atoms with Crippen LogP contribution in [-0.4, -0.2) is 36.9 Å². The molecule has 0 atom stereocenters. The van der Waals surface area contributed by atoms with Gasteiger partial charge < -0.3 is 16.0 Å². The van der Waals surface area contributed by atoms with Gasteiger partial charge in [-0.3, -0.25) is 9.59 Å². The van der Waals surface area contributed by atoms with Gasteiger partial charge in [-0.15, -0.1) is 0 Å². The molecule has 0 unspecified atom stereocenters. The first-order chi connectivity index (χ1) is 8.60. The highest BCUT2D eigenvalue weighted by Gasteiger charge is 2.15. The van der Waals surface area contributed by atoms with Crippen molar-refractivity contribution in [2.75, 3.05) is 25.5 Å². The summed E-state index contributed by atoms with van der Waals surface area (Å²) in [6.45, 7) is 2.08. The molecule has 0 radical (unpaired) electrons. The SMILES string of the molecule is CCNc1nccc(C(=O)NCC(=O)NC)c1F. The molecule has 0 aliphatic carbocycles. The molecule has 6 nitrogen and oxygen atoms in total. The van der Waals surface area contributed by atoms with E-state index in [4.69, 9.17) is 0 Å². The first-order valence-corrected chi connectivity index (χ1v) is 5.47. The number of aromatic nitrogens is 1. The summed E-state index contributed by atoms with van der Waals surface area (Å²) in [6, 6.07) is 1.26. The Morgan fingerprint density at radius 1 is 1.44 bits per heavy atom. The van der Waals surface area contributed by atoms with Crippen molar-refractivity contribution < 1.29 is 14.0 Å². The van der Waals surface area contributed by atoms with Crippen LogP contribution in [0, 0.1) is 5.82 Å². The molecule has 7 heteroatoms. The van der Waals surface area contributed by atoms with Crippen LogP contribution < -0.4 is 16.0 Å². The second-order valence-electron chi connectivity index (χ2n) is 3.41. The number of nitrogens with zero attached hydrogens (tertiary/aromatic N) is 1. The number of carbonyl (C=O) groups is 2. The molecule has 0 aromatic carbocycles. The van der Waals surface area contributed by atoms with E-state index in [2.05, 4.69) is 20.9 Å². The molecule has 0 aliphatic heterocycles. The standard InChI is InChI=1S/C11H15FN4O2/c1-3-14-10-9(12)7(4-5-15-10)11(18)16-6-8(17)13-2/h4-5H,3,6H2,1-2H3,(H,13,17)(H,14,15)(H,16,18). The number of anilines is 1. The van der Waals surface area contributed by atoms with E-state index in [1.165, 1.54) is 19.3 Å². The Kier molecular flexibility index (Phi) is 5.04. The van der Waals surface area contributed by atoms with Crippen molar-refractivity contribution >= 4 is 17.6 Å². The number of rotatable bonds is 5. The van der Waals surface area contributed by atoms with Gasteiger partial charge in [0.05, 0.1) is 12.1 Å².